The minimum absolute atomic E-state index is 0.163. The Balaban J connectivity index is 1.54. The molecular weight excluding hydrogens is 436 g/mol. The van der Waals surface area contributed by atoms with Crippen molar-refractivity contribution >= 4 is 35.0 Å². The number of benzene rings is 3. The molecule has 3 aromatic carbocycles. The molecule has 0 saturated heterocycles. The zero-order valence-corrected chi connectivity index (χ0v) is 18.7. The number of methoxy groups -OCH3 is 1. The summed E-state index contributed by atoms with van der Waals surface area (Å²) in [4.78, 5) is 26.4. The molecular formula is C26H22N2O4S. The monoisotopic (exact) mass is 458 g/mol. The number of carbonyl (C=O) groups excluding carboxylic acids is 2. The van der Waals surface area contributed by atoms with Crippen molar-refractivity contribution in [2.45, 2.75) is 10.1 Å². The number of carbonyl (C=O) groups is 2. The topological polar surface area (TPSA) is 80.6 Å². The van der Waals surface area contributed by atoms with Gasteiger partial charge in [-0.15, -0.1) is 11.8 Å². The van der Waals surface area contributed by atoms with Gasteiger partial charge in [0, 0.05) is 22.3 Å². The van der Waals surface area contributed by atoms with E-state index in [9.17, 15) is 9.59 Å². The van der Waals surface area contributed by atoms with Gasteiger partial charge in [0.2, 0.25) is 5.91 Å². The van der Waals surface area contributed by atoms with E-state index in [0.717, 1.165) is 10.5 Å². The summed E-state index contributed by atoms with van der Waals surface area (Å²) in [7, 11) is 1.58. The largest absolute Gasteiger partial charge is 0.497 e. The minimum atomic E-state index is -0.506. The molecule has 4 aromatic rings. The molecule has 0 spiro atoms. The summed E-state index contributed by atoms with van der Waals surface area (Å²) < 4.78 is 10.4. The second kappa shape index (κ2) is 10.6. The van der Waals surface area contributed by atoms with E-state index in [2.05, 4.69) is 10.6 Å². The lowest BCUT2D eigenvalue weighted by atomic mass is 10.1. The lowest BCUT2D eigenvalue weighted by molar-refractivity contribution is -0.115. The van der Waals surface area contributed by atoms with Crippen molar-refractivity contribution in [3.05, 3.63) is 109 Å². The fraction of sp³-hybridized carbons (Fsp3) is 0.0769. The second-order valence-corrected chi connectivity index (χ2v) is 8.27. The second-order valence-electron chi connectivity index (χ2n) is 7.09. The number of furan rings is 1. The minimum Gasteiger partial charge on any atom is -0.497 e. The first kappa shape index (κ1) is 22.2. The van der Waals surface area contributed by atoms with E-state index >= 15 is 0 Å². The van der Waals surface area contributed by atoms with Gasteiger partial charge in [-0.05, 0) is 48.0 Å². The number of amides is 2. The highest BCUT2D eigenvalue weighted by molar-refractivity contribution is 8.00. The van der Waals surface area contributed by atoms with E-state index in [4.69, 9.17) is 9.15 Å². The molecule has 1 heterocycles. The van der Waals surface area contributed by atoms with Crippen LogP contribution < -0.4 is 15.4 Å². The van der Waals surface area contributed by atoms with Crippen LogP contribution in [-0.2, 0) is 4.79 Å². The summed E-state index contributed by atoms with van der Waals surface area (Å²) >= 11 is 1.40. The first-order chi connectivity index (χ1) is 16.1. The van der Waals surface area contributed by atoms with Crippen LogP contribution in [0.3, 0.4) is 0 Å². The Morgan fingerprint density at radius 2 is 1.61 bits per heavy atom. The molecule has 1 atom stereocenters. The SMILES string of the molecule is COc1cccc(NC(=O)C(Sc2cccc(NC(=O)c3ccco3)c2)c2ccccc2)c1. The number of hydrogen-bond acceptors (Lipinski definition) is 5. The molecule has 0 aliphatic heterocycles. The standard InChI is InChI=1S/C26H22N2O4S/c1-31-21-12-5-10-19(16-21)28-26(30)24(18-8-3-2-4-9-18)33-22-13-6-11-20(17-22)27-25(29)23-14-7-15-32-23/h2-17,24H,1H3,(H,27,29)(H,28,30). The molecule has 2 amide bonds. The van der Waals surface area contributed by atoms with E-state index in [1.807, 2.05) is 66.7 Å². The van der Waals surface area contributed by atoms with Gasteiger partial charge in [0.25, 0.3) is 5.91 Å². The molecule has 0 aliphatic rings. The molecule has 0 saturated carbocycles. The summed E-state index contributed by atoms with van der Waals surface area (Å²) in [6.07, 6.45) is 1.45. The van der Waals surface area contributed by atoms with E-state index in [0.29, 0.717) is 17.1 Å². The summed E-state index contributed by atoms with van der Waals surface area (Å²) in [5.41, 5.74) is 2.13. The van der Waals surface area contributed by atoms with Crippen LogP contribution in [-0.4, -0.2) is 18.9 Å². The Labute approximate surface area is 196 Å². The Hall–Kier alpha value is -3.97. The van der Waals surface area contributed by atoms with Crippen LogP contribution in [0.15, 0.2) is 107 Å². The molecule has 6 nitrogen and oxygen atoms in total. The summed E-state index contributed by atoms with van der Waals surface area (Å²) in [5.74, 6) is 0.395. The number of nitrogens with one attached hydrogen (secondary N) is 2. The maximum absolute atomic E-state index is 13.3. The Morgan fingerprint density at radius 3 is 2.33 bits per heavy atom. The van der Waals surface area contributed by atoms with Gasteiger partial charge in [-0.1, -0.05) is 42.5 Å². The molecule has 4 rings (SSSR count). The fourth-order valence-corrected chi connectivity index (χ4v) is 4.28. The predicted octanol–water partition coefficient (Wildman–Crippen LogP) is 6.01. The number of anilines is 2. The third-order valence-corrected chi connectivity index (χ3v) is 6.02. The molecule has 0 radical (unpaired) electrons. The number of rotatable bonds is 8. The molecule has 1 unspecified atom stereocenters. The van der Waals surface area contributed by atoms with Gasteiger partial charge in [-0.25, -0.2) is 0 Å². The Kier molecular flexibility index (Phi) is 7.12. The molecule has 1 aromatic heterocycles. The van der Waals surface area contributed by atoms with Gasteiger partial charge in [-0.2, -0.15) is 0 Å². The van der Waals surface area contributed by atoms with Crippen molar-refractivity contribution in [3.8, 4) is 5.75 Å². The van der Waals surface area contributed by atoms with Crippen LogP contribution in [0, 0.1) is 0 Å². The van der Waals surface area contributed by atoms with Gasteiger partial charge < -0.3 is 19.8 Å². The van der Waals surface area contributed by atoms with Crippen LogP contribution in [0.1, 0.15) is 21.4 Å². The van der Waals surface area contributed by atoms with E-state index in [1.54, 1.807) is 31.4 Å². The summed E-state index contributed by atoms with van der Waals surface area (Å²) in [5, 5.41) is 5.29. The van der Waals surface area contributed by atoms with Gasteiger partial charge >= 0.3 is 0 Å². The fourth-order valence-electron chi connectivity index (χ4n) is 3.19. The lowest BCUT2D eigenvalue weighted by Crippen LogP contribution is -2.19. The zero-order valence-electron chi connectivity index (χ0n) is 17.9. The van der Waals surface area contributed by atoms with E-state index in [1.165, 1.54) is 18.0 Å². The van der Waals surface area contributed by atoms with Crippen molar-refractivity contribution in [1.29, 1.82) is 0 Å². The van der Waals surface area contributed by atoms with Crippen LogP contribution in [0.2, 0.25) is 0 Å². The summed E-state index contributed by atoms with van der Waals surface area (Å²) in [6.45, 7) is 0. The maximum Gasteiger partial charge on any atom is 0.291 e. The molecule has 2 N–H and O–H groups in total. The molecule has 0 bridgehead atoms. The van der Waals surface area contributed by atoms with Crippen molar-refractivity contribution in [2.75, 3.05) is 17.7 Å². The van der Waals surface area contributed by atoms with Gasteiger partial charge in [-0.3, -0.25) is 9.59 Å². The van der Waals surface area contributed by atoms with Crippen LogP contribution in [0.5, 0.6) is 5.75 Å². The highest BCUT2D eigenvalue weighted by atomic mass is 32.2. The quantitative estimate of drug-likeness (QED) is 0.316. The van der Waals surface area contributed by atoms with Crippen molar-refractivity contribution in [3.63, 3.8) is 0 Å². The summed E-state index contributed by atoms with van der Waals surface area (Å²) in [6, 6.07) is 27.4. The maximum atomic E-state index is 13.3. The first-order valence-corrected chi connectivity index (χ1v) is 11.1. The highest BCUT2D eigenvalue weighted by Crippen LogP contribution is 2.37. The molecule has 0 aliphatic carbocycles. The zero-order chi connectivity index (χ0) is 23.0. The van der Waals surface area contributed by atoms with Crippen LogP contribution in [0.4, 0.5) is 11.4 Å². The lowest BCUT2D eigenvalue weighted by Gasteiger charge is -2.18. The third kappa shape index (κ3) is 5.84. The van der Waals surface area contributed by atoms with Gasteiger partial charge in [0.05, 0.1) is 13.4 Å². The Morgan fingerprint density at radius 1 is 0.848 bits per heavy atom. The van der Waals surface area contributed by atoms with Crippen LogP contribution in [0.25, 0.3) is 0 Å². The third-order valence-electron chi connectivity index (χ3n) is 4.77. The normalized spacial score (nSPS) is 11.4. The molecule has 166 valence electrons. The average molecular weight is 459 g/mol. The van der Waals surface area contributed by atoms with Crippen LogP contribution >= 0.6 is 11.8 Å². The predicted molar refractivity (Wildman–Crippen MR) is 130 cm³/mol. The van der Waals surface area contributed by atoms with E-state index in [-0.39, 0.29) is 17.6 Å². The van der Waals surface area contributed by atoms with Crippen molar-refractivity contribution in [1.82, 2.24) is 0 Å². The first-order valence-electron chi connectivity index (χ1n) is 10.2. The molecule has 33 heavy (non-hydrogen) atoms. The number of thioether (sulfide) groups is 1. The van der Waals surface area contributed by atoms with Gasteiger partial charge in [0.15, 0.2) is 5.76 Å². The number of ether oxygens (including phenoxy) is 1. The molecule has 7 heteroatoms. The molecule has 0 fully saturated rings. The smallest absolute Gasteiger partial charge is 0.291 e. The Bertz CT molecular complexity index is 1230. The van der Waals surface area contributed by atoms with Crippen molar-refractivity contribution < 1.29 is 18.7 Å². The van der Waals surface area contributed by atoms with E-state index < -0.39 is 5.25 Å². The van der Waals surface area contributed by atoms with Gasteiger partial charge in [0.1, 0.15) is 11.0 Å². The highest BCUT2D eigenvalue weighted by Gasteiger charge is 2.22. The average Bonchev–Trinajstić information content (AvgIpc) is 3.39. The van der Waals surface area contributed by atoms with Crippen molar-refractivity contribution in [2.24, 2.45) is 0 Å². The number of hydrogen-bond donors (Lipinski definition) is 2.